The van der Waals surface area contributed by atoms with Crippen LogP contribution in [0, 0.1) is 0 Å². The van der Waals surface area contributed by atoms with Gasteiger partial charge in [0.05, 0.1) is 0 Å². The van der Waals surface area contributed by atoms with Crippen LogP contribution in [-0.2, 0) is 38.8 Å². The van der Waals surface area contributed by atoms with Crippen LogP contribution in [0.25, 0.3) is 0 Å². The maximum atomic E-state index is 12.1. The Hall–Kier alpha value is -1.88. The van der Waals surface area contributed by atoms with E-state index in [-0.39, 0.29) is 25.2 Å². The molecule has 0 amide bonds. The lowest BCUT2D eigenvalue weighted by atomic mass is 10.1. The Morgan fingerprint density at radius 2 is 1.06 bits per heavy atom. The fraction of sp³-hybridized carbons (Fsp3) is 0.704. The van der Waals surface area contributed by atoms with Crippen molar-refractivity contribution in [2.24, 2.45) is 0 Å². The summed E-state index contributed by atoms with van der Waals surface area (Å²) in [4.78, 5) is 26.2. The van der Waals surface area contributed by atoms with Crippen molar-refractivity contribution in [3.8, 4) is 0 Å². The van der Waals surface area contributed by atoms with Crippen molar-refractivity contribution in [2.45, 2.75) is 111 Å². The average molecular weight is 448 g/mol. The minimum absolute atomic E-state index is 0.143. The zero-order valence-corrected chi connectivity index (χ0v) is 20.9. The van der Waals surface area contributed by atoms with Crippen LogP contribution in [0.2, 0.25) is 0 Å². The van der Waals surface area contributed by atoms with Crippen molar-refractivity contribution in [2.75, 3.05) is 14.1 Å². The SMILES string of the molecule is CCCCCCCC(=O)OCc1cc(COC(=O)CCCCCCC)cc(CN(C)C)c1. The van der Waals surface area contributed by atoms with E-state index < -0.39 is 0 Å². The molecule has 1 aromatic carbocycles. The molecule has 0 saturated carbocycles. The number of hydrogen-bond donors (Lipinski definition) is 0. The van der Waals surface area contributed by atoms with Crippen LogP contribution in [0.1, 0.15) is 108 Å². The van der Waals surface area contributed by atoms with Gasteiger partial charge in [-0.1, -0.05) is 77.3 Å². The fourth-order valence-electron chi connectivity index (χ4n) is 3.68. The maximum Gasteiger partial charge on any atom is 0.306 e. The van der Waals surface area contributed by atoms with E-state index in [2.05, 4.69) is 30.9 Å². The van der Waals surface area contributed by atoms with Crippen molar-refractivity contribution in [1.29, 1.82) is 0 Å². The number of carbonyl (C=O) groups excluding carboxylic acids is 2. The zero-order chi connectivity index (χ0) is 23.6. The number of rotatable bonds is 18. The Morgan fingerprint density at radius 1 is 0.656 bits per heavy atom. The van der Waals surface area contributed by atoms with E-state index in [1.165, 1.54) is 38.5 Å². The van der Waals surface area contributed by atoms with Gasteiger partial charge in [-0.3, -0.25) is 9.59 Å². The topological polar surface area (TPSA) is 55.8 Å². The summed E-state index contributed by atoms with van der Waals surface area (Å²) < 4.78 is 11.0. The minimum atomic E-state index is -0.143. The first-order valence-corrected chi connectivity index (χ1v) is 12.5. The summed E-state index contributed by atoms with van der Waals surface area (Å²) in [6.07, 6.45) is 12.1. The van der Waals surface area contributed by atoms with Gasteiger partial charge in [-0.2, -0.15) is 0 Å². The molecule has 182 valence electrons. The third-order valence-corrected chi connectivity index (χ3v) is 5.38. The molecule has 0 saturated heterocycles. The molecule has 32 heavy (non-hydrogen) atoms. The van der Waals surface area contributed by atoms with Crippen LogP contribution in [0.15, 0.2) is 18.2 Å². The van der Waals surface area contributed by atoms with Gasteiger partial charge in [0.2, 0.25) is 0 Å². The van der Waals surface area contributed by atoms with Gasteiger partial charge in [0.15, 0.2) is 0 Å². The van der Waals surface area contributed by atoms with Crippen molar-refractivity contribution in [1.82, 2.24) is 4.90 Å². The summed E-state index contributed by atoms with van der Waals surface area (Å²) in [7, 11) is 4.03. The van der Waals surface area contributed by atoms with E-state index in [1.54, 1.807) is 0 Å². The lowest BCUT2D eigenvalue weighted by Crippen LogP contribution is -2.12. The van der Waals surface area contributed by atoms with Crippen LogP contribution in [-0.4, -0.2) is 30.9 Å². The van der Waals surface area contributed by atoms with E-state index in [1.807, 2.05) is 20.2 Å². The predicted octanol–water partition coefficient (Wildman–Crippen LogP) is 6.56. The lowest BCUT2D eigenvalue weighted by Gasteiger charge is -2.14. The summed E-state index contributed by atoms with van der Waals surface area (Å²) in [6.45, 7) is 5.66. The van der Waals surface area contributed by atoms with Crippen molar-refractivity contribution >= 4 is 11.9 Å². The Balaban J connectivity index is 2.54. The molecule has 5 heteroatoms. The van der Waals surface area contributed by atoms with E-state index in [0.29, 0.717) is 12.8 Å². The summed E-state index contributed by atoms with van der Waals surface area (Å²) in [5, 5.41) is 0. The van der Waals surface area contributed by atoms with Crippen LogP contribution in [0.5, 0.6) is 0 Å². The van der Waals surface area contributed by atoms with Crippen LogP contribution < -0.4 is 0 Å². The van der Waals surface area contributed by atoms with E-state index in [9.17, 15) is 9.59 Å². The molecule has 0 unspecified atom stereocenters. The smallest absolute Gasteiger partial charge is 0.306 e. The molecule has 0 N–H and O–H groups in total. The van der Waals surface area contributed by atoms with Crippen molar-refractivity contribution in [3.05, 3.63) is 34.9 Å². The van der Waals surface area contributed by atoms with E-state index in [4.69, 9.17) is 9.47 Å². The van der Waals surface area contributed by atoms with Gasteiger partial charge in [-0.05, 0) is 49.7 Å². The number of nitrogens with zero attached hydrogens (tertiary/aromatic N) is 1. The quantitative estimate of drug-likeness (QED) is 0.188. The molecule has 0 aromatic heterocycles. The Kier molecular flexibility index (Phi) is 15.5. The molecule has 0 atom stereocenters. The third-order valence-electron chi connectivity index (χ3n) is 5.38. The molecule has 1 rings (SSSR count). The molecule has 5 nitrogen and oxygen atoms in total. The predicted molar refractivity (Wildman–Crippen MR) is 130 cm³/mol. The Morgan fingerprint density at radius 3 is 1.47 bits per heavy atom. The first-order chi connectivity index (χ1) is 15.4. The standard InChI is InChI=1S/C27H45NO4/c1-5-7-9-11-13-15-26(29)31-21-24-17-23(20-28(3)4)18-25(19-24)22-32-27(30)16-14-12-10-8-6-2/h17-19H,5-16,20-22H2,1-4H3. The van der Waals surface area contributed by atoms with Gasteiger partial charge in [-0.15, -0.1) is 0 Å². The summed E-state index contributed by atoms with van der Waals surface area (Å²) in [6, 6.07) is 6.10. The first kappa shape index (κ1) is 28.2. The number of esters is 2. The largest absolute Gasteiger partial charge is 0.461 e. The van der Waals surface area contributed by atoms with Gasteiger partial charge in [-0.25, -0.2) is 0 Å². The second kappa shape index (κ2) is 17.6. The van der Waals surface area contributed by atoms with Gasteiger partial charge in [0, 0.05) is 19.4 Å². The van der Waals surface area contributed by atoms with Gasteiger partial charge in [0.1, 0.15) is 13.2 Å². The number of hydrogen-bond acceptors (Lipinski definition) is 5. The van der Waals surface area contributed by atoms with Gasteiger partial charge < -0.3 is 14.4 Å². The molecule has 0 heterocycles. The number of ether oxygens (including phenoxy) is 2. The lowest BCUT2D eigenvalue weighted by molar-refractivity contribution is -0.145. The number of unbranched alkanes of at least 4 members (excludes halogenated alkanes) is 8. The molecule has 0 aliphatic rings. The summed E-state index contributed by atoms with van der Waals surface area (Å²) >= 11 is 0. The number of benzene rings is 1. The van der Waals surface area contributed by atoms with Crippen LogP contribution >= 0.6 is 0 Å². The van der Waals surface area contributed by atoms with E-state index in [0.717, 1.165) is 48.9 Å². The van der Waals surface area contributed by atoms with Gasteiger partial charge in [0.25, 0.3) is 0 Å². The molecule has 0 aliphatic heterocycles. The summed E-state index contributed by atoms with van der Waals surface area (Å²) in [5.41, 5.74) is 3.00. The molecule has 0 bridgehead atoms. The zero-order valence-electron chi connectivity index (χ0n) is 20.9. The molecule has 0 radical (unpaired) electrons. The normalized spacial score (nSPS) is 11.0. The van der Waals surface area contributed by atoms with Crippen LogP contribution in [0.3, 0.4) is 0 Å². The highest BCUT2D eigenvalue weighted by Gasteiger charge is 2.09. The van der Waals surface area contributed by atoms with Crippen molar-refractivity contribution < 1.29 is 19.1 Å². The van der Waals surface area contributed by atoms with Gasteiger partial charge >= 0.3 is 11.9 Å². The molecule has 0 spiro atoms. The second-order valence-electron chi connectivity index (χ2n) is 9.05. The number of carbonyl (C=O) groups is 2. The molecule has 0 fully saturated rings. The molecule has 1 aromatic rings. The van der Waals surface area contributed by atoms with E-state index >= 15 is 0 Å². The summed E-state index contributed by atoms with van der Waals surface area (Å²) in [5.74, 6) is -0.286. The highest BCUT2D eigenvalue weighted by atomic mass is 16.5. The Bertz CT molecular complexity index is 609. The highest BCUT2D eigenvalue weighted by Crippen LogP contribution is 2.16. The molecular weight excluding hydrogens is 402 g/mol. The third kappa shape index (κ3) is 14.2. The average Bonchev–Trinajstić information content (AvgIpc) is 2.75. The first-order valence-electron chi connectivity index (χ1n) is 12.5. The monoisotopic (exact) mass is 447 g/mol. The maximum absolute atomic E-state index is 12.1. The molecule has 0 aliphatic carbocycles. The fourth-order valence-corrected chi connectivity index (χ4v) is 3.68. The highest BCUT2D eigenvalue weighted by molar-refractivity contribution is 5.69. The minimum Gasteiger partial charge on any atom is -0.461 e. The van der Waals surface area contributed by atoms with Crippen LogP contribution in [0.4, 0.5) is 0 Å². The Labute approximate surface area is 195 Å². The molecular formula is C27H45NO4. The van der Waals surface area contributed by atoms with Crippen molar-refractivity contribution in [3.63, 3.8) is 0 Å². The second-order valence-corrected chi connectivity index (χ2v) is 9.05.